The number of nitriles is 1. The SMILES string of the molecule is N#Cc1ccc(NC(=O)c2cc(Br)c[nH]2)c(Br)c1. The number of carbonyl (C=O) groups excluding carboxylic acids is 1. The maximum absolute atomic E-state index is 11.9. The number of halogens is 2. The van der Waals surface area contributed by atoms with Crippen LogP contribution in [0.5, 0.6) is 0 Å². The molecule has 0 bridgehead atoms. The van der Waals surface area contributed by atoms with Gasteiger partial charge in [-0.05, 0) is 56.1 Å². The molecule has 4 nitrogen and oxygen atoms in total. The number of carbonyl (C=O) groups is 1. The number of rotatable bonds is 2. The Balaban J connectivity index is 2.20. The zero-order valence-corrected chi connectivity index (χ0v) is 12.2. The lowest BCUT2D eigenvalue weighted by atomic mass is 10.2. The smallest absolute Gasteiger partial charge is 0.272 e. The molecule has 0 saturated carbocycles. The first-order valence-corrected chi connectivity index (χ1v) is 6.53. The number of aromatic nitrogens is 1. The summed E-state index contributed by atoms with van der Waals surface area (Å²) in [5.41, 5.74) is 1.60. The lowest BCUT2D eigenvalue weighted by molar-refractivity contribution is 0.102. The molecular weight excluding hydrogens is 362 g/mol. The summed E-state index contributed by atoms with van der Waals surface area (Å²) in [5, 5.41) is 11.5. The maximum Gasteiger partial charge on any atom is 0.272 e. The van der Waals surface area contributed by atoms with Crippen molar-refractivity contribution in [1.29, 1.82) is 5.26 Å². The van der Waals surface area contributed by atoms with Gasteiger partial charge >= 0.3 is 0 Å². The molecule has 0 aliphatic heterocycles. The molecule has 18 heavy (non-hydrogen) atoms. The van der Waals surface area contributed by atoms with Gasteiger partial charge in [-0.2, -0.15) is 5.26 Å². The minimum absolute atomic E-state index is 0.244. The molecule has 1 aromatic heterocycles. The van der Waals surface area contributed by atoms with Gasteiger partial charge in [0.25, 0.3) is 5.91 Å². The van der Waals surface area contributed by atoms with Crippen LogP contribution in [0, 0.1) is 11.3 Å². The molecule has 90 valence electrons. The van der Waals surface area contributed by atoms with Crippen molar-refractivity contribution in [3.63, 3.8) is 0 Å². The Labute approximate surface area is 120 Å². The predicted octanol–water partition coefficient (Wildman–Crippen LogP) is 3.66. The van der Waals surface area contributed by atoms with Crippen LogP contribution in [0.25, 0.3) is 0 Å². The fourth-order valence-corrected chi connectivity index (χ4v) is 2.20. The van der Waals surface area contributed by atoms with Crippen LogP contribution in [-0.4, -0.2) is 10.9 Å². The van der Waals surface area contributed by atoms with Crippen molar-refractivity contribution in [1.82, 2.24) is 4.98 Å². The summed E-state index contributed by atoms with van der Waals surface area (Å²) in [6, 6.07) is 8.69. The highest BCUT2D eigenvalue weighted by molar-refractivity contribution is 9.10. The fourth-order valence-electron chi connectivity index (χ4n) is 1.37. The molecule has 0 unspecified atom stereocenters. The van der Waals surface area contributed by atoms with Gasteiger partial charge in [-0.25, -0.2) is 0 Å². The molecule has 2 rings (SSSR count). The Morgan fingerprint density at radius 3 is 2.67 bits per heavy atom. The summed E-state index contributed by atoms with van der Waals surface area (Å²) >= 11 is 6.57. The number of benzene rings is 1. The Morgan fingerprint density at radius 1 is 1.33 bits per heavy atom. The monoisotopic (exact) mass is 367 g/mol. The van der Waals surface area contributed by atoms with Crippen LogP contribution in [0.1, 0.15) is 16.1 Å². The van der Waals surface area contributed by atoms with Crippen molar-refractivity contribution >= 4 is 43.5 Å². The van der Waals surface area contributed by atoms with Crippen molar-refractivity contribution in [3.05, 3.63) is 50.7 Å². The summed E-state index contributed by atoms with van der Waals surface area (Å²) in [7, 11) is 0. The van der Waals surface area contributed by atoms with Gasteiger partial charge in [-0.3, -0.25) is 4.79 Å². The zero-order chi connectivity index (χ0) is 13.1. The van der Waals surface area contributed by atoms with Gasteiger partial charge in [-0.1, -0.05) is 0 Å². The average Bonchev–Trinajstić information content (AvgIpc) is 2.78. The van der Waals surface area contributed by atoms with E-state index in [1.807, 2.05) is 6.07 Å². The summed E-state index contributed by atoms with van der Waals surface area (Å²) in [5.74, 6) is -0.244. The second-order valence-corrected chi connectivity index (χ2v) is 5.26. The minimum atomic E-state index is -0.244. The highest BCUT2D eigenvalue weighted by Gasteiger charge is 2.10. The van der Waals surface area contributed by atoms with Gasteiger partial charge in [0.05, 0.1) is 17.3 Å². The Kier molecular flexibility index (Phi) is 3.84. The Hall–Kier alpha value is -1.58. The molecule has 1 aromatic carbocycles. The molecule has 1 heterocycles. The van der Waals surface area contributed by atoms with Crippen LogP contribution in [-0.2, 0) is 0 Å². The first kappa shape index (κ1) is 12.9. The third kappa shape index (κ3) is 2.81. The number of aromatic amines is 1. The van der Waals surface area contributed by atoms with Gasteiger partial charge in [0.15, 0.2) is 0 Å². The quantitative estimate of drug-likeness (QED) is 0.849. The lowest BCUT2D eigenvalue weighted by Gasteiger charge is -2.06. The van der Waals surface area contributed by atoms with Gasteiger partial charge in [0.1, 0.15) is 5.69 Å². The largest absolute Gasteiger partial charge is 0.356 e. The number of hydrogen-bond donors (Lipinski definition) is 2. The molecule has 2 N–H and O–H groups in total. The Morgan fingerprint density at radius 2 is 2.11 bits per heavy atom. The van der Waals surface area contributed by atoms with Gasteiger partial charge in [0.2, 0.25) is 0 Å². The van der Waals surface area contributed by atoms with E-state index in [4.69, 9.17) is 5.26 Å². The summed E-state index contributed by atoms with van der Waals surface area (Å²) in [6.07, 6.45) is 1.68. The van der Waals surface area contributed by atoms with Crippen LogP contribution >= 0.6 is 31.9 Å². The van der Waals surface area contributed by atoms with Crippen molar-refractivity contribution in [2.45, 2.75) is 0 Å². The second-order valence-electron chi connectivity index (χ2n) is 3.49. The molecule has 1 amide bonds. The highest BCUT2D eigenvalue weighted by Crippen LogP contribution is 2.24. The molecule has 0 spiro atoms. The maximum atomic E-state index is 11.9. The lowest BCUT2D eigenvalue weighted by Crippen LogP contribution is -2.12. The van der Waals surface area contributed by atoms with E-state index in [0.717, 1.165) is 4.47 Å². The van der Waals surface area contributed by atoms with E-state index in [1.165, 1.54) is 0 Å². The van der Waals surface area contributed by atoms with Crippen molar-refractivity contribution in [3.8, 4) is 6.07 Å². The van der Waals surface area contributed by atoms with Gasteiger partial charge in [0, 0.05) is 15.1 Å². The van der Waals surface area contributed by atoms with Crippen molar-refractivity contribution < 1.29 is 4.79 Å². The third-order valence-electron chi connectivity index (χ3n) is 2.24. The van der Waals surface area contributed by atoms with Crippen LogP contribution < -0.4 is 5.32 Å². The van der Waals surface area contributed by atoms with Crippen LogP contribution in [0.2, 0.25) is 0 Å². The van der Waals surface area contributed by atoms with Crippen LogP contribution in [0.15, 0.2) is 39.4 Å². The van der Waals surface area contributed by atoms with E-state index in [9.17, 15) is 4.79 Å². The molecule has 0 saturated heterocycles. The standard InChI is InChI=1S/C12H7Br2N3O/c13-8-4-11(16-6-8)12(18)17-10-2-1-7(5-15)3-9(10)14/h1-4,6,16H,(H,17,18). The number of hydrogen-bond acceptors (Lipinski definition) is 2. The number of anilines is 1. The van der Waals surface area contributed by atoms with Crippen LogP contribution in [0.4, 0.5) is 5.69 Å². The van der Waals surface area contributed by atoms with E-state index >= 15 is 0 Å². The predicted molar refractivity (Wildman–Crippen MR) is 75.3 cm³/mol. The van der Waals surface area contributed by atoms with Gasteiger partial charge in [-0.15, -0.1) is 0 Å². The first-order valence-electron chi connectivity index (χ1n) is 4.95. The first-order chi connectivity index (χ1) is 8.60. The average molecular weight is 369 g/mol. The molecule has 0 radical (unpaired) electrons. The Bertz CT molecular complexity index is 643. The third-order valence-corrected chi connectivity index (χ3v) is 3.35. The summed E-state index contributed by atoms with van der Waals surface area (Å²) in [4.78, 5) is 14.7. The van der Waals surface area contributed by atoms with Crippen molar-refractivity contribution in [2.75, 3.05) is 5.32 Å². The molecule has 0 atom stereocenters. The molecule has 0 fully saturated rings. The van der Waals surface area contributed by atoms with Gasteiger partial charge < -0.3 is 10.3 Å². The molecular formula is C12H7Br2N3O. The molecule has 6 heteroatoms. The van der Waals surface area contributed by atoms with E-state index in [0.29, 0.717) is 21.4 Å². The number of amides is 1. The summed E-state index contributed by atoms with van der Waals surface area (Å²) in [6.45, 7) is 0. The summed E-state index contributed by atoms with van der Waals surface area (Å²) < 4.78 is 1.48. The number of H-pyrrole nitrogens is 1. The number of nitrogens with one attached hydrogen (secondary N) is 2. The van der Waals surface area contributed by atoms with Crippen LogP contribution in [0.3, 0.4) is 0 Å². The van der Waals surface area contributed by atoms with Crippen molar-refractivity contribution in [2.24, 2.45) is 0 Å². The minimum Gasteiger partial charge on any atom is -0.356 e. The van der Waals surface area contributed by atoms with E-state index in [1.54, 1.807) is 30.5 Å². The molecule has 0 aliphatic carbocycles. The number of nitrogens with zero attached hydrogens (tertiary/aromatic N) is 1. The second kappa shape index (κ2) is 5.38. The topological polar surface area (TPSA) is 68.7 Å². The highest BCUT2D eigenvalue weighted by atomic mass is 79.9. The molecule has 2 aromatic rings. The zero-order valence-electron chi connectivity index (χ0n) is 9.00. The fraction of sp³-hybridized carbons (Fsp3) is 0. The molecule has 0 aliphatic rings. The normalized spacial score (nSPS) is 9.83. The van der Waals surface area contributed by atoms with E-state index < -0.39 is 0 Å². The van der Waals surface area contributed by atoms with E-state index in [2.05, 4.69) is 42.2 Å². The van der Waals surface area contributed by atoms with E-state index in [-0.39, 0.29) is 5.91 Å².